The summed E-state index contributed by atoms with van der Waals surface area (Å²) in [6, 6.07) is 0. The van der Waals surface area contributed by atoms with Gasteiger partial charge in [-0.25, -0.2) is 9.78 Å². The van der Waals surface area contributed by atoms with Gasteiger partial charge in [-0.2, -0.15) is 0 Å². The van der Waals surface area contributed by atoms with E-state index in [1.165, 1.54) is 0 Å². The van der Waals surface area contributed by atoms with E-state index >= 15 is 0 Å². The van der Waals surface area contributed by atoms with E-state index < -0.39 is 0 Å². The lowest BCUT2D eigenvalue weighted by Crippen LogP contribution is -2.39. The summed E-state index contributed by atoms with van der Waals surface area (Å²) in [5.74, 6) is 0.918. The lowest BCUT2D eigenvalue weighted by Gasteiger charge is -2.27. The van der Waals surface area contributed by atoms with Gasteiger partial charge in [0.15, 0.2) is 0 Å². The quantitative estimate of drug-likeness (QED) is 0.699. The van der Waals surface area contributed by atoms with Gasteiger partial charge in [0, 0.05) is 25.5 Å². The Morgan fingerprint density at radius 2 is 2.33 bits per heavy atom. The molecule has 0 N–H and O–H groups in total. The minimum absolute atomic E-state index is 0.0702. The van der Waals surface area contributed by atoms with Gasteiger partial charge in [0.25, 0.3) is 0 Å². The molecule has 1 amide bonds. The highest BCUT2D eigenvalue weighted by Gasteiger charge is 2.22. The van der Waals surface area contributed by atoms with Gasteiger partial charge < -0.3 is 9.30 Å². The number of nitrogens with zero attached hydrogens (tertiary/aromatic N) is 3. The van der Waals surface area contributed by atoms with Crippen molar-refractivity contribution in [3.05, 3.63) is 18.2 Å². The molecule has 5 heteroatoms. The molecule has 0 fully saturated rings. The van der Waals surface area contributed by atoms with Crippen LogP contribution in [-0.2, 0) is 17.8 Å². The molecule has 0 bridgehead atoms. The average molecular weight is 209 g/mol. The molecule has 5 nitrogen and oxygen atoms in total. The van der Waals surface area contributed by atoms with Gasteiger partial charge in [-0.1, -0.05) is 0 Å². The summed E-state index contributed by atoms with van der Waals surface area (Å²) in [4.78, 5) is 17.5. The number of ether oxygens (including phenoxy) is 1. The molecule has 1 aromatic rings. The van der Waals surface area contributed by atoms with Gasteiger partial charge in [-0.05, 0) is 13.8 Å². The number of rotatable bonds is 1. The molecule has 0 unspecified atom stereocenters. The molecule has 0 saturated carbocycles. The molecule has 0 spiro atoms. The molecule has 2 rings (SSSR count). The van der Waals surface area contributed by atoms with E-state index in [1.54, 1.807) is 11.1 Å². The van der Waals surface area contributed by atoms with Crippen LogP contribution in [0.3, 0.4) is 0 Å². The average Bonchev–Trinajstić information content (AvgIpc) is 2.62. The predicted molar refractivity (Wildman–Crippen MR) is 54.3 cm³/mol. The minimum Gasteiger partial charge on any atom is -0.447 e. The monoisotopic (exact) mass is 209 g/mol. The molecule has 1 aromatic heterocycles. The zero-order valence-corrected chi connectivity index (χ0v) is 9.01. The van der Waals surface area contributed by atoms with E-state index in [-0.39, 0.29) is 12.2 Å². The van der Waals surface area contributed by atoms with Crippen LogP contribution in [0.15, 0.2) is 12.4 Å². The van der Waals surface area contributed by atoms with Crippen molar-refractivity contribution in [2.45, 2.75) is 33.0 Å². The third-order valence-electron chi connectivity index (χ3n) is 2.34. The van der Waals surface area contributed by atoms with Gasteiger partial charge in [-0.15, -0.1) is 0 Å². The van der Waals surface area contributed by atoms with Crippen molar-refractivity contribution in [2.24, 2.45) is 0 Å². The summed E-state index contributed by atoms with van der Waals surface area (Å²) in [6.45, 7) is 5.72. The van der Waals surface area contributed by atoms with E-state index in [2.05, 4.69) is 9.55 Å². The second-order valence-corrected chi connectivity index (χ2v) is 3.89. The Morgan fingerprint density at radius 3 is 3.07 bits per heavy atom. The molecule has 0 aromatic carbocycles. The minimum atomic E-state index is -0.251. The van der Waals surface area contributed by atoms with E-state index in [0.29, 0.717) is 13.1 Å². The largest absolute Gasteiger partial charge is 0.447 e. The third kappa shape index (κ3) is 2.11. The lowest BCUT2D eigenvalue weighted by atomic mass is 10.4. The number of hydrogen-bond acceptors (Lipinski definition) is 3. The van der Waals surface area contributed by atoms with Gasteiger partial charge in [-0.3, -0.25) is 4.90 Å². The Hall–Kier alpha value is -1.52. The fourth-order valence-corrected chi connectivity index (χ4v) is 1.61. The van der Waals surface area contributed by atoms with Crippen LogP contribution in [0, 0.1) is 0 Å². The van der Waals surface area contributed by atoms with Crippen LogP contribution < -0.4 is 0 Å². The lowest BCUT2D eigenvalue weighted by molar-refractivity contribution is 0.0682. The van der Waals surface area contributed by atoms with Crippen LogP contribution in [0.2, 0.25) is 0 Å². The van der Waals surface area contributed by atoms with E-state index in [4.69, 9.17) is 4.74 Å². The summed E-state index contributed by atoms with van der Waals surface area (Å²) in [6.07, 6.45) is 3.37. The van der Waals surface area contributed by atoms with Crippen molar-refractivity contribution in [2.75, 3.05) is 6.54 Å². The SMILES string of the molecule is CC(C)OC(=O)N1CCn2ccnc2C1. The van der Waals surface area contributed by atoms with Gasteiger partial charge in [0.1, 0.15) is 5.82 Å². The number of carbonyl (C=O) groups excluding carboxylic acids is 1. The fraction of sp³-hybridized carbons (Fsp3) is 0.600. The van der Waals surface area contributed by atoms with Crippen LogP contribution in [-0.4, -0.2) is 33.2 Å². The Kier molecular flexibility index (Phi) is 2.62. The number of aromatic nitrogens is 2. The Labute approximate surface area is 88.7 Å². The van der Waals surface area contributed by atoms with Crippen molar-refractivity contribution >= 4 is 6.09 Å². The highest BCUT2D eigenvalue weighted by atomic mass is 16.6. The molecule has 0 atom stereocenters. The first kappa shape index (κ1) is 10.0. The molecule has 0 saturated heterocycles. The molecule has 0 radical (unpaired) electrons. The molecule has 2 heterocycles. The third-order valence-corrected chi connectivity index (χ3v) is 2.34. The van der Waals surface area contributed by atoms with Crippen LogP contribution in [0.1, 0.15) is 19.7 Å². The van der Waals surface area contributed by atoms with Crippen LogP contribution in [0.25, 0.3) is 0 Å². The Bertz CT molecular complexity index is 359. The second-order valence-electron chi connectivity index (χ2n) is 3.89. The Balaban J connectivity index is 2.00. The van der Waals surface area contributed by atoms with E-state index in [9.17, 15) is 4.79 Å². The number of fused-ring (bicyclic) bond motifs is 1. The first-order valence-electron chi connectivity index (χ1n) is 5.12. The zero-order chi connectivity index (χ0) is 10.8. The molecule has 15 heavy (non-hydrogen) atoms. The molecular weight excluding hydrogens is 194 g/mol. The standard InChI is InChI=1S/C10H15N3O2/c1-8(2)15-10(14)13-6-5-12-4-3-11-9(12)7-13/h3-4,8H,5-7H2,1-2H3. The van der Waals surface area contributed by atoms with E-state index in [0.717, 1.165) is 12.4 Å². The summed E-state index contributed by atoms with van der Waals surface area (Å²) in [7, 11) is 0. The molecule has 1 aliphatic heterocycles. The number of carbonyl (C=O) groups is 1. The van der Waals surface area contributed by atoms with Crippen LogP contribution in [0.4, 0.5) is 4.79 Å². The zero-order valence-electron chi connectivity index (χ0n) is 9.01. The topological polar surface area (TPSA) is 47.4 Å². The molecule has 0 aliphatic carbocycles. The van der Waals surface area contributed by atoms with Gasteiger partial charge >= 0.3 is 6.09 Å². The fourth-order valence-electron chi connectivity index (χ4n) is 1.61. The molecular formula is C10H15N3O2. The highest BCUT2D eigenvalue weighted by Crippen LogP contribution is 2.11. The summed E-state index contributed by atoms with van der Waals surface area (Å²) >= 11 is 0. The Morgan fingerprint density at radius 1 is 1.53 bits per heavy atom. The summed E-state index contributed by atoms with van der Waals surface area (Å²) in [5, 5.41) is 0. The summed E-state index contributed by atoms with van der Waals surface area (Å²) < 4.78 is 7.19. The second kappa shape index (κ2) is 3.92. The van der Waals surface area contributed by atoms with Crippen LogP contribution in [0.5, 0.6) is 0 Å². The van der Waals surface area contributed by atoms with Gasteiger partial charge in [0.2, 0.25) is 0 Å². The predicted octanol–water partition coefficient (Wildman–Crippen LogP) is 1.24. The van der Waals surface area contributed by atoms with Crippen molar-refractivity contribution in [3.8, 4) is 0 Å². The number of imidazole rings is 1. The van der Waals surface area contributed by atoms with Crippen LogP contribution >= 0.6 is 0 Å². The maximum absolute atomic E-state index is 11.6. The molecule has 1 aliphatic rings. The smallest absolute Gasteiger partial charge is 0.410 e. The van der Waals surface area contributed by atoms with Crippen molar-refractivity contribution in [3.63, 3.8) is 0 Å². The maximum Gasteiger partial charge on any atom is 0.410 e. The van der Waals surface area contributed by atoms with Crippen molar-refractivity contribution in [1.29, 1.82) is 0 Å². The van der Waals surface area contributed by atoms with Crippen molar-refractivity contribution in [1.82, 2.24) is 14.5 Å². The first-order chi connectivity index (χ1) is 7.16. The normalized spacial score (nSPS) is 15.3. The molecule has 82 valence electrons. The van der Waals surface area contributed by atoms with E-state index in [1.807, 2.05) is 20.0 Å². The summed E-state index contributed by atoms with van der Waals surface area (Å²) in [5.41, 5.74) is 0. The van der Waals surface area contributed by atoms with Crippen molar-refractivity contribution < 1.29 is 9.53 Å². The van der Waals surface area contributed by atoms with Gasteiger partial charge in [0.05, 0.1) is 12.6 Å². The first-order valence-corrected chi connectivity index (χ1v) is 5.12. The number of hydrogen-bond donors (Lipinski definition) is 0. The number of amides is 1. The highest BCUT2D eigenvalue weighted by molar-refractivity contribution is 5.67. The maximum atomic E-state index is 11.6.